The summed E-state index contributed by atoms with van der Waals surface area (Å²) in [5, 5.41) is 3.83. The number of hydrogen-bond donors (Lipinski definition) is 1. The third kappa shape index (κ3) is 2.84. The Labute approximate surface area is 88.0 Å². The van der Waals surface area contributed by atoms with E-state index in [1.54, 1.807) is 0 Å². The summed E-state index contributed by atoms with van der Waals surface area (Å²) in [5.41, 5.74) is 0. The Morgan fingerprint density at radius 3 is 2.29 bits per heavy atom. The molecule has 2 rings (SSSR count). The fraction of sp³-hybridized carbons (Fsp3) is 0.846. The first-order chi connectivity index (χ1) is 6.81. The normalized spacial score (nSPS) is 23.9. The highest BCUT2D eigenvalue weighted by molar-refractivity contribution is 4.97. The second kappa shape index (κ2) is 4.48. The zero-order valence-corrected chi connectivity index (χ0v) is 9.34. The van der Waals surface area contributed by atoms with E-state index in [1.165, 1.54) is 32.1 Å². The van der Waals surface area contributed by atoms with Crippen LogP contribution in [0, 0.1) is 11.8 Å². The highest BCUT2D eigenvalue weighted by Crippen LogP contribution is 2.44. The van der Waals surface area contributed by atoms with Crippen molar-refractivity contribution in [1.29, 1.82) is 0 Å². The molecule has 80 valence electrons. The molecule has 0 heterocycles. The first-order valence-electron chi connectivity index (χ1n) is 6.18. The molecule has 1 N–H and O–H groups in total. The highest BCUT2D eigenvalue weighted by Gasteiger charge is 2.41. The van der Waals surface area contributed by atoms with Crippen molar-refractivity contribution in [3.8, 4) is 0 Å². The van der Waals surface area contributed by atoms with Crippen LogP contribution in [0.2, 0.25) is 0 Å². The van der Waals surface area contributed by atoms with E-state index in [9.17, 15) is 0 Å². The molecular weight excluding hydrogens is 170 g/mol. The Kier molecular flexibility index (Phi) is 3.27. The molecule has 0 aromatic rings. The number of hydrogen-bond acceptors (Lipinski definition) is 1. The summed E-state index contributed by atoms with van der Waals surface area (Å²) in [6.07, 6.45) is 10.3. The van der Waals surface area contributed by atoms with Crippen molar-refractivity contribution < 1.29 is 0 Å². The van der Waals surface area contributed by atoms with Crippen LogP contribution in [0.5, 0.6) is 0 Å². The SMILES string of the molecule is C=CCCC(C)NC(C1CC1)C1CC1. The van der Waals surface area contributed by atoms with Gasteiger partial charge in [0.25, 0.3) is 0 Å². The van der Waals surface area contributed by atoms with Gasteiger partial charge in [-0.3, -0.25) is 0 Å². The van der Waals surface area contributed by atoms with Crippen molar-refractivity contribution in [2.45, 2.75) is 57.5 Å². The van der Waals surface area contributed by atoms with E-state index >= 15 is 0 Å². The van der Waals surface area contributed by atoms with Gasteiger partial charge in [0, 0.05) is 12.1 Å². The van der Waals surface area contributed by atoms with E-state index in [0.29, 0.717) is 6.04 Å². The molecule has 2 fully saturated rings. The lowest BCUT2D eigenvalue weighted by atomic mass is 10.0. The first kappa shape index (κ1) is 10.2. The minimum atomic E-state index is 0.680. The van der Waals surface area contributed by atoms with Crippen molar-refractivity contribution in [1.82, 2.24) is 5.32 Å². The summed E-state index contributed by atoms with van der Waals surface area (Å²) >= 11 is 0. The second-order valence-electron chi connectivity index (χ2n) is 5.13. The second-order valence-corrected chi connectivity index (χ2v) is 5.13. The fourth-order valence-corrected chi connectivity index (χ4v) is 2.35. The Bertz CT molecular complexity index is 179. The molecule has 1 heteroatoms. The summed E-state index contributed by atoms with van der Waals surface area (Å²) in [4.78, 5) is 0. The molecule has 14 heavy (non-hydrogen) atoms. The summed E-state index contributed by atoms with van der Waals surface area (Å²) in [7, 11) is 0. The van der Waals surface area contributed by atoms with Crippen molar-refractivity contribution in [3.05, 3.63) is 12.7 Å². The van der Waals surface area contributed by atoms with Gasteiger partial charge >= 0.3 is 0 Å². The maximum absolute atomic E-state index is 3.83. The lowest BCUT2D eigenvalue weighted by Crippen LogP contribution is -2.39. The van der Waals surface area contributed by atoms with E-state index in [0.717, 1.165) is 24.3 Å². The predicted molar refractivity (Wildman–Crippen MR) is 61.3 cm³/mol. The average molecular weight is 193 g/mol. The molecule has 1 unspecified atom stereocenters. The quantitative estimate of drug-likeness (QED) is 0.613. The van der Waals surface area contributed by atoms with Crippen LogP contribution in [0.15, 0.2) is 12.7 Å². The molecule has 0 spiro atoms. The maximum Gasteiger partial charge on any atom is 0.0126 e. The topological polar surface area (TPSA) is 12.0 Å². The zero-order valence-electron chi connectivity index (χ0n) is 9.34. The van der Waals surface area contributed by atoms with Crippen molar-refractivity contribution in [2.24, 2.45) is 11.8 Å². The Morgan fingerprint density at radius 1 is 1.29 bits per heavy atom. The average Bonchev–Trinajstić information content (AvgIpc) is 3.04. The van der Waals surface area contributed by atoms with Gasteiger partial charge in [-0.2, -0.15) is 0 Å². The summed E-state index contributed by atoms with van der Waals surface area (Å²) < 4.78 is 0. The van der Waals surface area contributed by atoms with Gasteiger partial charge in [0.2, 0.25) is 0 Å². The molecule has 0 aromatic carbocycles. The third-order valence-corrected chi connectivity index (χ3v) is 3.54. The van der Waals surface area contributed by atoms with Crippen LogP contribution in [-0.2, 0) is 0 Å². The third-order valence-electron chi connectivity index (χ3n) is 3.54. The molecular formula is C13H23N. The molecule has 0 saturated heterocycles. The summed E-state index contributed by atoms with van der Waals surface area (Å²) in [6.45, 7) is 6.10. The minimum absolute atomic E-state index is 0.680. The molecule has 2 aliphatic carbocycles. The molecule has 0 aliphatic heterocycles. The molecule has 0 aromatic heterocycles. The van der Waals surface area contributed by atoms with E-state index in [1.807, 2.05) is 6.08 Å². The smallest absolute Gasteiger partial charge is 0.0126 e. The lowest BCUT2D eigenvalue weighted by Gasteiger charge is -2.22. The van der Waals surface area contributed by atoms with Crippen molar-refractivity contribution in [2.75, 3.05) is 0 Å². The molecule has 0 radical (unpaired) electrons. The van der Waals surface area contributed by atoms with Crippen LogP contribution in [-0.4, -0.2) is 12.1 Å². The zero-order chi connectivity index (χ0) is 9.97. The first-order valence-corrected chi connectivity index (χ1v) is 6.18. The maximum atomic E-state index is 3.83. The number of nitrogens with one attached hydrogen (secondary N) is 1. The van der Waals surface area contributed by atoms with E-state index < -0.39 is 0 Å². The van der Waals surface area contributed by atoms with Crippen LogP contribution in [0.4, 0.5) is 0 Å². The summed E-state index contributed by atoms with van der Waals surface area (Å²) in [6, 6.07) is 1.54. The summed E-state index contributed by atoms with van der Waals surface area (Å²) in [5.74, 6) is 2.04. The van der Waals surface area contributed by atoms with Gasteiger partial charge in [-0.15, -0.1) is 6.58 Å². The standard InChI is InChI=1S/C13H23N/c1-3-4-5-10(2)14-13(11-6-7-11)12-8-9-12/h3,10-14H,1,4-9H2,2H3. The van der Waals surface area contributed by atoms with Gasteiger partial charge in [-0.1, -0.05) is 6.08 Å². The number of allylic oxidation sites excluding steroid dienone is 1. The Balaban J connectivity index is 1.72. The largest absolute Gasteiger partial charge is 0.311 e. The van der Waals surface area contributed by atoms with Gasteiger partial charge in [0.15, 0.2) is 0 Å². The van der Waals surface area contributed by atoms with Crippen molar-refractivity contribution in [3.63, 3.8) is 0 Å². The monoisotopic (exact) mass is 193 g/mol. The molecule has 2 saturated carbocycles. The van der Waals surface area contributed by atoms with Crippen LogP contribution >= 0.6 is 0 Å². The van der Waals surface area contributed by atoms with Gasteiger partial charge in [0.05, 0.1) is 0 Å². The van der Waals surface area contributed by atoms with Crippen LogP contribution in [0.25, 0.3) is 0 Å². The molecule has 0 bridgehead atoms. The van der Waals surface area contributed by atoms with Crippen molar-refractivity contribution >= 4 is 0 Å². The van der Waals surface area contributed by atoms with Crippen LogP contribution < -0.4 is 5.32 Å². The fourth-order valence-electron chi connectivity index (χ4n) is 2.35. The predicted octanol–water partition coefficient (Wildman–Crippen LogP) is 3.12. The molecule has 2 aliphatic rings. The minimum Gasteiger partial charge on any atom is -0.311 e. The van der Waals surface area contributed by atoms with E-state index in [4.69, 9.17) is 0 Å². The van der Waals surface area contributed by atoms with E-state index in [2.05, 4.69) is 18.8 Å². The Hall–Kier alpha value is -0.300. The Morgan fingerprint density at radius 2 is 1.86 bits per heavy atom. The van der Waals surface area contributed by atoms with E-state index in [-0.39, 0.29) is 0 Å². The van der Waals surface area contributed by atoms with Crippen LogP contribution in [0.3, 0.4) is 0 Å². The molecule has 0 amide bonds. The van der Waals surface area contributed by atoms with Gasteiger partial charge in [0.1, 0.15) is 0 Å². The van der Waals surface area contributed by atoms with Crippen LogP contribution in [0.1, 0.15) is 45.4 Å². The van der Waals surface area contributed by atoms with Gasteiger partial charge in [-0.25, -0.2) is 0 Å². The lowest BCUT2D eigenvalue weighted by molar-refractivity contribution is 0.363. The molecule has 1 nitrogen and oxygen atoms in total. The number of rotatable bonds is 7. The van der Waals surface area contributed by atoms with Gasteiger partial charge in [-0.05, 0) is 57.3 Å². The molecule has 1 atom stereocenters. The van der Waals surface area contributed by atoms with Gasteiger partial charge < -0.3 is 5.32 Å². The highest BCUT2D eigenvalue weighted by atomic mass is 15.0.